The highest BCUT2D eigenvalue weighted by Gasteiger charge is 2.10. The molecule has 0 amide bonds. The number of aryl methyl sites for hydroxylation is 1. The van der Waals surface area contributed by atoms with Gasteiger partial charge in [0.05, 0.1) is 0 Å². The number of fused-ring (bicyclic) bond motifs is 2. The predicted molar refractivity (Wildman–Crippen MR) is 64.9 cm³/mol. The molecule has 1 aliphatic heterocycles. The second-order valence-electron chi connectivity index (χ2n) is 3.87. The lowest BCUT2D eigenvalue weighted by Gasteiger charge is -2.07. The summed E-state index contributed by atoms with van der Waals surface area (Å²) in [5.74, 6) is 1.68. The smallest absolute Gasteiger partial charge is 0.153 e. The maximum absolute atomic E-state index is 5.86. The Morgan fingerprint density at radius 2 is 1.88 bits per heavy atom. The highest BCUT2D eigenvalue weighted by atomic mass is 16.5. The molecule has 0 saturated carbocycles. The lowest BCUT2D eigenvalue weighted by atomic mass is 10.1. The van der Waals surface area contributed by atoms with Crippen molar-refractivity contribution in [1.82, 2.24) is 0 Å². The lowest BCUT2D eigenvalue weighted by Crippen LogP contribution is -1.88. The van der Waals surface area contributed by atoms with Gasteiger partial charge in [0, 0.05) is 11.8 Å². The Labute approximate surface area is 94.2 Å². The predicted octanol–water partition coefficient (Wildman–Crippen LogP) is 3.85. The van der Waals surface area contributed by atoms with Crippen molar-refractivity contribution in [3.63, 3.8) is 0 Å². The third kappa shape index (κ3) is 1.48. The van der Waals surface area contributed by atoms with Crippen LogP contribution in [0.25, 0.3) is 0 Å². The highest BCUT2D eigenvalue weighted by Crippen LogP contribution is 2.35. The molecule has 16 heavy (non-hydrogen) atoms. The summed E-state index contributed by atoms with van der Waals surface area (Å²) in [6, 6.07) is 13.9. The molecule has 0 saturated heterocycles. The van der Waals surface area contributed by atoms with Crippen LogP contribution in [-0.4, -0.2) is 6.21 Å². The van der Waals surface area contributed by atoms with Crippen LogP contribution in [0.3, 0.4) is 0 Å². The Kier molecular flexibility index (Phi) is 2.00. The van der Waals surface area contributed by atoms with Crippen LogP contribution in [0.2, 0.25) is 0 Å². The number of hydrogen-bond donors (Lipinski definition) is 0. The van der Waals surface area contributed by atoms with Crippen LogP contribution in [0, 0.1) is 6.92 Å². The van der Waals surface area contributed by atoms with E-state index < -0.39 is 0 Å². The molecule has 2 nitrogen and oxygen atoms in total. The normalized spacial score (nSPS) is 12.3. The lowest BCUT2D eigenvalue weighted by molar-refractivity contribution is 0.484. The average molecular weight is 209 g/mol. The molecule has 0 radical (unpaired) electrons. The fraction of sp³-hybridized carbons (Fsp3) is 0.0714. The van der Waals surface area contributed by atoms with E-state index in [-0.39, 0.29) is 0 Å². The van der Waals surface area contributed by atoms with Crippen LogP contribution in [0.4, 0.5) is 5.69 Å². The molecule has 1 aliphatic rings. The second kappa shape index (κ2) is 3.49. The van der Waals surface area contributed by atoms with Crippen LogP contribution in [0.1, 0.15) is 11.1 Å². The van der Waals surface area contributed by atoms with Gasteiger partial charge in [-0.15, -0.1) is 0 Å². The van der Waals surface area contributed by atoms with E-state index in [0.717, 1.165) is 22.7 Å². The van der Waals surface area contributed by atoms with E-state index >= 15 is 0 Å². The van der Waals surface area contributed by atoms with Crippen LogP contribution in [0.5, 0.6) is 11.5 Å². The van der Waals surface area contributed by atoms with E-state index in [2.05, 4.69) is 18.0 Å². The molecule has 0 spiro atoms. The number of rotatable bonds is 0. The van der Waals surface area contributed by atoms with Gasteiger partial charge in [-0.05, 0) is 36.8 Å². The van der Waals surface area contributed by atoms with E-state index in [9.17, 15) is 0 Å². The number of aliphatic imine (C=N–C) groups is 1. The van der Waals surface area contributed by atoms with Crippen molar-refractivity contribution in [2.75, 3.05) is 0 Å². The molecule has 2 heteroatoms. The van der Waals surface area contributed by atoms with Gasteiger partial charge in [-0.2, -0.15) is 0 Å². The first-order valence-corrected chi connectivity index (χ1v) is 5.24. The number of ether oxygens (including phenoxy) is 1. The van der Waals surface area contributed by atoms with Gasteiger partial charge in [-0.3, -0.25) is 4.99 Å². The fourth-order valence-corrected chi connectivity index (χ4v) is 1.74. The van der Waals surface area contributed by atoms with Crippen LogP contribution in [-0.2, 0) is 0 Å². The van der Waals surface area contributed by atoms with Crippen molar-refractivity contribution in [3.05, 3.63) is 53.6 Å². The molecule has 78 valence electrons. The van der Waals surface area contributed by atoms with Crippen LogP contribution >= 0.6 is 0 Å². The molecule has 0 aliphatic carbocycles. The standard InChI is InChI=1S/C14H11NO/c1-10-6-7-11-9-15-12-4-2-3-5-13(12)16-14(11)8-10/h2-9H,1H3. The second-order valence-corrected chi connectivity index (χ2v) is 3.87. The van der Waals surface area contributed by atoms with Gasteiger partial charge in [-0.1, -0.05) is 18.2 Å². The van der Waals surface area contributed by atoms with Crippen molar-refractivity contribution < 1.29 is 4.74 Å². The van der Waals surface area contributed by atoms with E-state index in [1.54, 1.807) is 0 Å². The minimum atomic E-state index is 0.808. The SMILES string of the molecule is Cc1ccc2c(c1)Oc1ccccc1N=C2. The molecule has 2 aromatic carbocycles. The topological polar surface area (TPSA) is 21.6 Å². The van der Waals surface area contributed by atoms with Gasteiger partial charge in [0.25, 0.3) is 0 Å². The first-order chi connectivity index (χ1) is 7.83. The molecule has 0 unspecified atom stereocenters. The number of para-hydroxylation sites is 2. The Bertz CT molecular complexity index is 573. The molecule has 0 aromatic heterocycles. The summed E-state index contributed by atoms with van der Waals surface area (Å²) in [5, 5.41) is 0. The maximum atomic E-state index is 5.86. The van der Waals surface area contributed by atoms with Crippen molar-refractivity contribution in [2.45, 2.75) is 6.92 Å². The quantitative estimate of drug-likeness (QED) is 0.551. The van der Waals surface area contributed by atoms with Gasteiger partial charge < -0.3 is 4.74 Å². The Morgan fingerprint density at radius 3 is 2.81 bits per heavy atom. The van der Waals surface area contributed by atoms with Crippen molar-refractivity contribution in [3.8, 4) is 11.5 Å². The van der Waals surface area contributed by atoms with E-state index in [4.69, 9.17) is 4.74 Å². The van der Waals surface area contributed by atoms with Gasteiger partial charge in [0.2, 0.25) is 0 Å². The van der Waals surface area contributed by atoms with Crippen molar-refractivity contribution in [2.24, 2.45) is 4.99 Å². The van der Waals surface area contributed by atoms with E-state index in [0.29, 0.717) is 0 Å². The van der Waals surface area contributed by atoms with Crippen LogP contribution in [0.15, 0.2) is 47.5 Å². The van der Waals surface area contributed by atoms with Gasteiger partial charge in [-0.25, -0.2) is 0 Å². The Hall–Kier alpha value is -2.09. The summed E-state index contributed by atoms with van der Waals surface area (Å²) in [7, 11) is 0. The number of hydrogen-bond acceptors (Lipinski definition) is 2. The third-order valence-electron chi connectivity index (χ3n) is 2.60. The number of nitrogens with zero attached hydrogens (tertiary/aromatic N) is 1. The minimum Gasteiger partial charge on any atom is -0.454 e. The van der Waals surface area contributed by atoms with E-state index in [1.807, 2.05) is 42.6 Å². The third-order valence-corrected chi connectivity index (χ3v) is 2.60. The molecule has 3 rings (SSSR count). The minimum absolute atomic E-state index is 0.808. The van der Waals surface area contributed by atoms with Crippen molar-refractivity contribution >= 4 is 11.9 Å². The Morgan fingerprint density at radius 1 is 1.00 bits per heavy atom. The summed E-state index contributed by atoms with van der Waals surface area (Å²) in [5.41, 5.74) is 3.07. The summed E-state index contributed by atoms with van der Waals surface area (Å²) in [6.07, 6.45) is 1.85. The maximum Gasteiger partial charge on any atom is 0.153 e. The summed E-state index contributed by atoms with van der Waals surface area (Å²) >= 11 is 0. The zero-order valence-electron chi connectivity index (χ0n) is 8.97. The zero-order valence-corrected chi connectivity index (χ0v) is 8.97. The monoisotopic (exact) mass is 209 g/mol. The molecule has 2 aromatic rings. The zero-order chi connectivity index (χ0) is 11.0. The first kappa shape index (κ1) is 9.16. The largest absolute Gasteiger partial charge is 0.454 e. The fourth-order valence-electron chi connectivity index (χ4n) is 1.74. The molecule has 0 atom stereocenters. The van der Waals surface area contributed by atoms with E-state index in [1.165, 1.54) is 5.56 Å². The van der Waals surface area contributed by atoms with Crippen molar-refractivity contribution in [1.29, 1.82) is 0 Å². The summed E-state index contributed by atoms with van der Waals surface area (Å²) < 4.78 is 5.86. The molecular weight excluding hydrogens is 198 g/mol. The molecule has 1 heterocycles. The molecule has 0 N–H and O–H groups in total. The molecular formula is C14H11NO. The number of benzene rings is 2. The van der Waals surface area contributed by atoms with Gasteiger partial charge in [0.1, 0.15) is 11.4 Å². The van der Waals surface area contributed by atoms with Gasteiger partial charge >= 0.3 is 0 Å². The Balaban J connectivity index is 2.18. The first-order valence-electron chi connectivity index (χ1n) is 5.24. The highest BCUT2D eigenvalue weighted by molar-refractivity contribution is 5.87. The summed E-state index contributed by atoms with van der Waals surface area (Å²) in [6.45, 7) is 2.05. The molecule has 0 fully saturated rings. The molecule has 0 bridgehead atoms. The van der Waals surface area contributed by atoms with Crippen LogP contribution < -0.4 is 4.74 Å². The summed E-state index contributed by atoms with van der Waals surface area (Å²) in [4.78, 5) is 4.41. The average Bonchev–Trinajstić information content (AvgIpc) is 2.47. The van der Waals surface area contributed by atoms with Gasteiger partial charge in [0.15, 0.2) is 5.75 Å².